The highest BCUT2D eigenvalue weighted by atomic mass is 127. The molecule has 0 saturated heterocycles. The Balaban J connectivity index is 0.00000364. The molecule has 0 spiro atoms. The van der Waals surface area contributed by atoms with Gasteiger partial charge in [0.1, 0.15) is 11.9 Å². The Morgan fingerprint density at radius 3 is 2.41 bits per heavy atom. The molecule has 2 aromatic carbocycles. The first-order valence-corrected chi connectivity index (χ1v) is 8.55. The quantitative estimate of drug-likeness (QED) is 0.322. The number of rotatable bonds is 7. The second kappa shape index (κ2) is 11.4. The number of guanidine groups is 1. The molecule has 7 heteroatoms. The number of ether oxygens (including phenoxy) is 1. The summed E-state index contributed by atoms with van der Waals surface area (Å²) in [6.07, 6.45) is -0.00972. The van der Waals surface area contributed by atoms with E-state index in [1.54, 1.807) is 19.2 Å². The van der Waals surface area contributed by atoms with E-state index in [-0.39, 0.29) is 30.1 Å². The van der Waals surface area contributed by atoms with Crippen LogP contribution < -0.4 is 21.1 Å². The topological polar surface area (TPSA) is 88.7 Å². The molecule has 27 heavy (non-hydrogen) atoms. The maximum Gasteiger partial charge on any atom is 0.248 e. The van der Waals surface area contributed by atoms with E-state index in [1.807, 2.05) is 50.2 Å². The van der Waals surface area contributed by atoms with Crippen molar-refractivity contribution in [1.29, 1.82) is 0 Å². The maximum atomic E-state index is 11.1. The predicted octanol–water partition coefficient (Wildman–Crippen LogP) is 2.84. The molecule has 1 atom stereocenters. The van der Waals surface area contributed by atoms with E-state index < -0.39 is 5.91 Å². The van der Waals surface area contributed by atoms with E-state index in [0.29, 0.717) is 24.6 Å². The van der Waals surface area contributed by atoms with Crippen molar-refractivity contribution in [2.45, 2.75) is 26.5 Å². The van der Waals surface area contributed by atoms with Crippen molar-refractivity contribution in [3.63, 3.8) is 0 Å². The second-order valence-corrected chi connectivity index (χ2v) is 6.06. The second-order valence-electron chi connectivity index (χ2n) is 6.06. The molecule has 6 nitrogen and oxygen atoms in total. The molecule has 146 valence electrons. The van der Waals surface area contributed by atoms with Crippen LogP contribution in [0.3, 0.4) is 0 Å². The first kappa shape index (κ1) is 22.8. The lowest BCUT2D eigenvalue weighted by Gasteiger charge is -2.18. The predicted molar refractivity (Wildman–Crippen MR) is 120 cm³/mol. The lowest BCUT2D eigenvalue weighted by atomic mass is 10.1. The van der Waals surface area contributed by atoms with Gasteiger partial charge >= 0.3 is 0 Å². The Hall–Kier alpha value is -2.29. The van der Waals surface area contributed by atoms with Crippen LogP contribution in [0.2, 0.25) is 0 Å². The average Bonchev–Trinajstić information content (AvgIpc) is 2.64. The highest BCUT2D eigenvalue weighted by Crippen LogP contribution is 2.17. The molecule has 0 heterocycles. The van der Waals surface area contributed by atoms with Gasteiger partial charge in [-0.05, 0) is 43.2 Å². The van der Waals surface area contributed by atoms with Crippen molar-refractivity contribution in [1.82, 2.24) is 10.6 Å². The number of primary amides is 1. The number of nitrogens with zero attached hydrogens (tertiary/aromatic N) is 1. The zero-order chi connectivity index (χ0) is 18.9. The minimum atomic E-state index is -0.426. The molecule has 4 N–H and O–H groups in total. The number of aryl methyl sites for hydroxylation is 1. The van der Waals surface area contributed by atoms with Gasteiger partial charge in [-0.2, -0.15) is 0 Å². The summed E-state index contributed by atoms with van der Waals surface area (Å²) in [5.74, 6) is 1.15. The van der Waals surface area contributed by atoms with E-state index in [4.69, 9.17) is 10.5 Å². The first-order chi connectivity index (χ1) is 12.5. The van der Waals surface area contributed by atoms with Crippen LogP contribution in [0.4, 0.5) is 0 Å². The molecule has 0 saturated carbocycles. The Kier molecular flexibility index (Phi) is 9.63. The minimum Gasteiger partial charge on any atom is -0.489 e. The van der Waals surface area contributed by atoms with Crippen molar-refractivity contribution in [3.05, 3.63) is 65.2 Å². The van der Waals surface area contributed by atoms with Crippen LogP contribution in [-0.2, 0) is 6.54 Å². The third-order valence-electron chi connectivity index (χ3n) is 3.90. The van der Waals surface area contributed by atoms with Gasteiger partial charge in [-0.15, -0.1) is 24.0 Å². The number of benzene rings is 2. The van der Waals surface area contributed by atoms with Gasteiger partial charge in [-0.1, -0.05) is 30.3 Å². The summed E-state index contributed by atoms with van der Waals surface area (Å²) in [6.45, 7) is 5.25. The van der Waals surface area contributed by atoms with Crippen LogP contribution >= 0.6 is 24.0 Å². The Bertz CT molecular complexity index is 763. The molecule has 0 aromatic heterocycles. The number of nitrogens with two attached hydrogens (primary N) is 1. The van der Waals surface area contributed by atoms with E-state index in [0.717, 1.165) is 16.9 Å². The lowest BCUT2D eigenvalue weighted by molar-refractivity contribution is 0.100. The number of carbonyl (C=O) groups excluding carboxylic acids is 1. The van der Waals surface area contributed by atoms with Gasteiger partial charge in [0.2, 0.25) is 5.91 Å². The highest BCUT2D eigenvalue weighted by Gasteiger charge is 2.07. The van der Waals surface area contributed by atoms with Gasteiger partial charge in [-0.3, -0.25) is 9.79 Å². The van der Waals surface area contributed by atoms with Gasteiger partial charge < -0.3 is 21.1 Å². The molecule has 0 fully saturated rings. The van der Waals surface area contributed by atoms with Crippen LogP contribution in [0, 0.1) is 6.92 Å². The van der Waals surface area contributed by atoms with Crippen molar-refractivity contribution in [3.8, 4) is 5.75 Å². The molecule has 2 rings (SSSR count). The molecule has 0 radical (unpaired) electrons. The zero-order valence-corrected chi connectivity index (χ0v) is 18.2. The number of hydrogen-bond acceptors (Lipinski definition) is 3. The molecule has 1 amide bonds. The fourth-order valence-electron chi connectivity index (χ4n) is 2.38. The summed E-state index contributed by atoms with van der Waals surface area (Å²) in [7, 11) is 1.72. The molecule has 2 aromatic rings. The number of amides is 1. The number of nitrogens with one attached hydrogen (secondary N) is 2. The number of para-hydroxylation sites is 1. The van der Waals surface area contributed by atoms with E-state index in [9.17, 15) is 4.79 Å². The van der Waals surface area contributed by atoms with Gasteiger partial charge in [-0.25, -0.2) is 0 Å². The third-order valence-corrected chi connectivity index (χ3v) is 3.90. The smallest absolute Gasteiger partial charge is 0.248 e. The molecule has 0 aliphatic carbocycles. The Labute approximate surface area is 177 Å². The SMILES string of the molecule is CN=C(NCc1ccc(C(N)=O)cc1)NCC(C)Oc1ccccc1C.I. The summed E-state index contributed by atoms with van der Waals surface area (Å²) in [4.78, 5) is 15.3. The largest absolute Gasteiger partial charge is 0.489 e. The standard InChI is InChI=1S/C20H26N4O2.HI/c1-14-6-4-5-7-18(14)26-15(2)12-23-20(22-3)24-13-16-8-10-17(11-9-16)19(21)25;/h4-11,15H,12-13H2,1-3H3,(H2,21,25)(H2,22,23,24);1H. The molecular weight excluding hydrogens is 455 g/mol. The molecular formula is C20H27IN4O2. The number of halogens is 1. The summed E-state index contributed by atoms with van der Waals surface area (Å²) in [5.41, 5.74) is 7.88. The van der Waals surface area contributed by atoms with Gasteiger partial charge in [0.05, 0.1) is 6.54 Å². The zero-order valence-electron chi connectivity index (χ0n) is 15.9. The molecule has 1 unspecified atom stereocenters. The van der Waals surface area contributed by atoms with Crippen molar-refractivity contribution in [2.24, 2.45) is 10.7 Å². The van der Waals surface area contributed by atoms with E-state index in [1.165, 1.54) is 0 Å². The lowest BCUT2D eigenvalue weighted by Crippen LogP contribution is -2.41. The van der Waals surface area contributed by atoms with Crippen LogP contribution in [-0.4, -0.2) is 31.6 Å². The highest BCUT2D eigenvalue weighted by molar-refractivity contribution is 14.0. The number of aliphatic imine (C=N–C) groups is 1. The van der Waals surface area contributed by atoms with E-state index in [2.05, 4.69) is 15.6 Å². The number of carbonyl (C=O) groups is 1. The third kappa shape index (κ3) is 7.46. The normalized spacial score (nSPS) is 11.9. The summed E-state index contributed by atoms with van der Waals surface area (Å²) in [5, 5.41) is 6.48. The van der Waals surface area contributed by atoms with Crippen LogP contribution in [0.1, 0.15) is 28.4 Å². The van der Waals surface area contributed by atoms with Crippen LogP contribution in [0.25, 0.3) is 0 Å². The fraction of sp³-hybridized carbons (Fsp3) is 0.300. The summed E-state index contributed by atoms with van der Waals surface area (Å²) >= 11 is 0. The molecule has 0 aliphatic heterocycles. The van der Waals surface area contributed by atoms with Crippen LogP contribution in [0.5, 0.6) is 5.75 Å². The minimum absolute atomic E-state index is 0. The van der Waals surface area contributed by atoms with Crippen molar-refractivity contribution < 1.29 is 9.53 Å². The van der Waals surface area contributed by atoms with Crippen molar-refractivity contribution >= 4 is 35.8 Å². The maximum absolute atomic E-state index is 11.1. The Morgan fingerprint density at radius 1 is 1.15 bits per heavy atom. The average molecular weight is 482 g/mol. The van der Waals surface area contributed by atoms with E-state index >= 15 is 0 Å². The fourth-order valence-corrected chi connectivity index (χ4v) is 2.38. The van der Waals surface area contributed by atoms with Crippen molar-refractivity contribution in [2.75, 3.05) is 13.6 Å². The van der Waals surface area contributed by atoms with Gasteiger partial charge in [0, 0.05) is 19.2 Å². The van der Waals surface area contributed by atoms with Gasteiger partial charge in [0.25, 0.3) is 0 Å². The monoisotopic (exact) mass is 482 g/mol. The van der Waals surface area contributed by atoms with Gasteiger partial charge in [0.15, 0.2) is 5.96 Å². The first-order valence-electron chi connectivity index (χ1n) is 8.55. The van der Waals surface area contributed by atoms with Crippen LogP contribution in [0.15, 0.2) is 53.5 Å². The molecule has 0 bridgehead atoms. The summed E-state index contributed by atoms with van der Waals surface area (Å²) in [6, 6.07) is 15.1. The molecule has 0 aliphatic rings. The Morgan fingerprint density at radius 2 is 1.81 bits per heavy atom. The summed E-state index contributed by atoms with van der Waals surface area (Å²) < 4.78 is 5.95. The number of hydrogen-bond donors (Lipinski definition) is 3.